The molecule has 2 N–H and O–H groups in total. The minimum Gasteiger partial charge on any atom is -0.476 e. The van der Waals surface area contributed by atoms with E-state index in [-0.39, 0.29) is 5.69 Å². The zero-order valence-corrected chi connectivity index (χ0v) is 12.5. The maximum Gasteiger partial charge on any atom is 0.356 e. The molecule has 3 rings (SSSR count). The minimum atomic E-state index is -1.01. The second kappa shape index (κ2) is 5.57. The van der Waals surface area contributed by atoms with E-state index in [4.69, 9.17) is 0 Å². The first-order valence-corrected chi connectivity index (χ1v) is 7.13. The molecule has 1 aromatic carbocycles. The normalized spacial score (nSPS) is 10.7. The molecule has 0 spiro atoms. The molecule has 0 aliphatic rings. The van der Waals surface area contributed by atoms with Gasteiger partial charge >= 0.3 is 5.97 Å². The Morgan fingerprint density at radius 1 is 1.24 bits per heavy atom. The summed E-state index contributed by atoms with van der Waals surface area (Å²) in [5.74, 6) is -0.636. The van der Waals surface area contributed by atoms with E-state index in [2.05, 4.69) is 26.2 Å². The predicted molar refractivity (Wildman–Crippen MR) is 83.6 cm³/mol. The van der Waals surface area contributed by atoms with Crippen molar-refractivity contribution >= 4 is 33.4 Å². The topological polar surface area (TPSA) is 66.6 Å². The number of hydrogen-bond donors (Lipinski definition) is 2. The van der Waals surface area contributed by atoms with Gasteiger partial charge in [-0.3, -0.25) is 4.40 Å². The zero-order valence-electron chi connectivity index (χ0n) is 11.0. The molecule has 0 fully saturated rings. The van der Waals surface area contributed by atoms with Gasteiger partial charge in [-0.05, 0) is 29.8 Å². The van der Waals surface area contributed by atoms with Crippen molar-refractivity contribution in [1.29, 1.82) is 0 Å². The van der Waals surface area contributed by atoms with Gasteiger partial charge < -0.3 is 10.4 Å². The Balaban J connectivity index is 1.91. The number of hydrogen-bond acceptors (Lipinski definition) is 3. The van der Waals surface area contributed by atoms with E-state index >= 15 is 0 Å². The summed E-state index contributed by atoms with van der Waals surface area (Å²) in [6.45, 7) is 0.511. The largest absolute Gasteiger partial charge is 0.476 e. The average molecular weight is 346 g/mol. The highest BCUT2D eigenvalue weighted by molar-refractivity contribution is 9.10. The lowest BCUT2D eigenvalue weighted by Gasteiger charge is -2.05. The fraction of sp³-hybridized carbons (Fsp3) is 0.0667. The summed E-state index contributed by atoms with van der Waals surface area (Å²) >= 11 is 3.38. The van der Waals surface area contributed by atoms with E-state index in [1.807, 2.05) is 30.3 Å². The third-order valence-corrected chi connectivity index (χ3v) is 3.63. The van der Waals surface area contributed by atoms with Crippen molar-refractivity contribution in [3.8, 4) is 0 Å². The monoisotopic (exact) mass is 345 g/mol. The second-order valence-corrected chi connectivity index (χ2v) is 5.44. The Labute approximate surface area is 129 Å². The van der Waals surface area contributed by atoms with Crippen molar-refractivity contribution in [2.45, 2.75) is 6.54 Å². The van der Waals surface area contributed by atoms with Gasteiger partial charge in [0.05, 0.1) is 0 Å². The number of nitrogens with zero attached hydrogens (tertiary/aromatic N) is 2. The van der Waals surface area contributed by atoms with E-state index < -0.39 is 5.97 Å². The molecule has 106 valence electrons. The summed E-state index contributed by atoms with van der Waals surface area (Å²) in [7, 11) is 0. The Hall–Kier alpha value is -2.34. The number of benzene rings is 1. The van der Waals surface area contributed by atoms with Crippen LogP contribution in [-0.2, 0) is 6.54 Å². The minimum absolute atomic E-state index is 0.141. The zero-order chi connectivity index (χ0) is 14.8. The molecule has 2 heterocycles. The van der Waals surface area contributed by atoms with Gasteiger partial charge in [-0.15, -0.1) is 0 Å². The van der Waals surface area contributed by atoms with Crippen molar-refractivity contribution in [2.75, 3.05) is 5.32 Å². The molecule has 2 aromatic heterocycles. The quantitative estimate of drug-likeness (QED) is 0.760. The van der Waals surface area contributed by atoms with Crippen LogP contribution in [0.5, 0.6) is 0 Å². The Bertz CT molecular complexity index is 796. The number of nitrogens with one attached hydrogen (secondary N) is 1. The first-order chi connectivity index (χ1) is 10.1. The number of rotatable bonds is 4. The highest BCUT2D eigenvalue weighted by Crippen LogP contribution is 2.19. The van der Waals surface area contributed by atoms with Crippen LogP contribution in [0.15, 0.2) is 53.1 Å². The van der Waals surface area contributed by atoms with Gasteiger partial charge in [-0.25, -0.2) is 9.78 Å². The smallest absolute Gasteiger partial charge is 0.356 e. The fourth-order valence-corrected chi connectivity index (χ4v) is 2.38. The summed E-state index contributed by atoms with van der Waals surface area (Å²) in [6, 6.07) is 13.2. The van der Waals surface area contributed by atoms with Crippen LogP contribution >= 0.6 is 15.9 Å². The number of fused-ring (bicyclic) bond motifs is 1. The lowest BCUT2D eigenvalue weighted by molar-refractivity contribution is 0.0690. The van der Waals surface area contributed by atoms with Crippen molar-refractivity contribution in [3.63, 3.8) is 0 Å². The van der Waals surface area contributed by atoms with Crippen LogP contribution in [0.4, 0.5) is 5.82 Å². The first kappa shape index (κ1) is 13.6. The molecule has 0 bridgehead atoms. The number of pyridine rings is 1. The summed E-state index contributed by atoms with van der Waals surface area (Å²) in [4.78, 5) is 15.8. The number of carbonyl (C=O) groups is 1. The lowest BCUT2D eigenvalue weighted by Crippen LogP contribution is -2.07. The van der Waals surface area contributed by atoms with Crippen LogP contribution in [0.1, 0.15) is 16.1 Å². The highest BCUT2D eigenvalue weighted by atomic mass is 79.9. The van der Waals surface area contributed by atoms with Crippen LogP contribution in [0.2, 0.25) is 0 Å². The first-order valence-electron chi connectivity index (χ1n) is 6.34. The molecular formula is C15H12BrN3O2. The molecule has 21 heavy (non-hydrogen) atoms. The van der Waals surface area contributed by atoms with Crippen LogP contribution in [0, 0.1) is 0 Å². The molecule has 0 unspecified atom stereocenters. The van der Waals surface area contributed by atoms with E-state index in [1.165, 1.54) is 0 Å². The third-order valence-electron chi connectivity index (χ3n) is 3.11. The molecule has 0 saturated carbocycles. The molecule has 0 aliphatic carbocycles. The van der Waals surface area contributed by atoms with E-state index in [0.29, 0.717) is 18.0 Å². The van der Waals surface area contributed by atoms with Crippen molar-refractivity contribution < 1.29 is 9.90 Å². The number of halogens is 1. The molecule has 0 atom stereocenters. The van der Waals surface area contributed by atoms with Crippen LogP contribution in [0.25, 0.3) is 5.65 Å². The van der Waals surface area contributed by atoms with Crippen LogP contribution < -0.4 is 5.32 Å². The maximum absolute atomic E-state index is 11.4. The molecule has 0 aliphatic heterocycles. The molecule has 0 radical (unpaired) electrons. The number of aromatic carboxylic acids is 1. The molecule has 3 aromatic rings. The predicted octanol–water partition coefficient (Wildman–Crippen LogP) is 3.41. The number of carboxylic acid groups (broad SMARTS) is 1. The third kappa shape index (κ3) is 2.75. The second-order valence-electron chi connectivity index (χ2n) is 4.52. The van der Waals surface area contributed by atoms with Gasteiger partial charge in [-0.2, -0.15) is 0 Å². The molecular weight excluding hydrogens is 334 g/mol. The summed E-state index contributed by atoms with van der Waals surface area (Å²) in [5.41, 5.74) is 1.79. The van der Waals surface area contributed by atoms with Gasteiger partial charge in [0.15, 0.2) is 11.5 Å². The van der Waals surface area contributed by atoms with Gasteiger partial charge in [0.1, 0.15) is 5.65 Å². The highest BCUT2D eigenvalue weighted by Gasteiger charge is 2.17. The maximum atomic E-state index is 11.4. The lowest BCUT2D eigenvalue weighted by atomic mass is 10.2. The number of anilines is 1. The number of aromatic nitrogens is 2. The SMILES string of the molecule is O=C(O)c1c(NCc2ccc(Br)cc2)nc2ccccn12. The van der Waals surface area contributed by atoms with E-state index in [1.54, 1.807) is 22.7 Å². The van der Waals surface area contributed by atoms with Crippen molar-refractivity contribution in [1.82, 2.24) is 9.38 Å². The average Bonchev–Trinajstić information content (AvgIpc) is 2.85. The summed E-state index contributed by atoms with van der Waals surface area (Å²) in [6.07, 6.45) is 1.69. The Morgan fingerprint density at radius 3 is 2.71 bits per heavy atom. The molecule has 0 saturated heterocycles. The molecule has 5 nitrogen and oxygen atoms in total. The fourth-order valence-electron chi connectivity index (χ4n) is 2.11. The number of imidazole rings is 1. The van der Waals surface area contributed by atoms with Gasteiger partial charge in [0.2, 0.25) is 0 Å². The van der Waals surface area contributed by atoms with Crippen LogP contribution in [0.3, 0.4) is 0 Å². The van der Waals surface area contributed by atoms with E-state index in [9.17, 15) is 9.90 Å². The van der Waals surface area contributed by atoms with Gasteiger partial charge in [-0.1, -0.05) is 34.1 Å². The molecule has 0 amide bonds. The Kier molecular flexibility index (Phi) is 3.62. The van der Waals surface area contributed by atoms with Gasteiger partial charge in [0, 0.05) is 17.2 Å². The van der Waals surface area contributed by atoms with Crippen LogP contribution in [-0.4, -0.2) is 20.5 Å². The summed E-state index contributed by atoms with van der Waals surface area (Å²) < 4.78 is 2.57. The summed E-state index contributed by atoms with van der Waals surface area (Å²) in [5, 5.41) is 12.5. The Morgan fingerprint density at radius 2 is 2.00 bits per heavy atom. The number of carboxylic acids is 1. The molecule has 6 heteroatoms. The van der Waals surface area contributed by atoms with Crippen molar-refractivity contribution in [2.24, 2.45) is 0 Å². The van der Waals surface area contributed by atoms with Crippen molar-refractivity contribution in [3.05, 3.63) is 64.4 Å². The van der Waals surface area contributed by atoms with E-state index in [0.717, 1.165) is 10.0 Å². The standard InChI is InChI=1S/C15H12BrN3O2/c16-11-6-4-10(5-7-11)9-17-14-13(15(20)21)19-8-2-1-3-12(19)18-14/h1-8,17H,9H2,(H,20,21). The van der Waals surface area contributed by atoms with Gasteiger partial charge in [0.25, 0.3) is 0 Å².